The molecule has 0 radical (unpaired) electrons. The van der Waals surface area contributed by atoms with Crippen molar-refractivity contribution in [1.82, 2.24) is 0 Å². The first-order valence-corrected chi connectivity index (χ1v) is 7.53. The standard InChI is InChI=1S/C18H20FNO/c1-2-21-18-9-8-16(11-17(18)19)20-12-13-6-7-14-4-3-5-15(14)10-13/h6-11,20H,2-5,12H2,1H3. The molecule has 2 aromatic rings. The zero-order chi connectivity index (χ0) is 14.7. The molecule has 2 aromatic carbocycles. The Bertz CT molecular complexity index is 639. The quantitative estimate of drug-likeness (QED) is 0.883. The number of anilines is 1. The highest BCUT2D eigenvalue weighted by Gasteiger charge is 2.10. The van der Waals surface area contributed by atoms with Crippen LogP contribution >= 0.6 is 0 Å². The molecule has 0 aliphatic heterocycles. The summed E-state index contributed by atoms with van der Waals surface area (Å²) in [5.41, 5.74) is 4.96. The van der Waals surface area contributed by atoms with Crippen molar-refractivity contribution in [3.05, 3.63) is 58.9 Å². The van der Waals surface area contributed by atoms with Gasteiger partial charge in [0.15, 0.2) is 11.6 Å². The van der Waals surface area contributed by atoms with Crippen LogP contribution in [0.1, 0.15) is 30.0 Å². The van der Waals surface area contributed by atoms with Crippen LogP contribution in [0, 0.1) is 5.82 Å². The van der Waals surface area contributed by atoms with E-state index in [0.29, 0.717) is 18.9 Å². The molecular weight excluding hydrogens is 265 g/mol. The fourth-order valence-electron chi connectivity index (χ4n) is 2.82. The normalized spacial score (nSPS) is 13.0. The summed E-state index contributed by atoms with van der Waals surface area (Å²) < 4.78 is 19.0. The Kier molecular flexibility index (Phi) is 4.09. The number of halogens is 1. The molecule has 110 valence electrons. The first kappa shape index (κ1) is 13.9. The number of hydrogen-bond donors (Lipinski definition) is 1. The zero-order valence-corrected chi connectivity index (χ0v) is 12.3. The lowest BCUT2D eigenvalue weighted by atomic mass is 10.1. The highest BCUT2D eigenvalue weighted by atomic mass is 19.1. The summed E-state index contributed by atoms with van der Waals surface area (Å²) in [6.45, 7) is 3.03. The van der Waals surface area contributed by atoms with Crippen LogP contribution < -0.4 is 10.1 Å². The smallest absolute Gasteiger partial charge is 0.167 e. The molecule has 0 atom stereocenters. The molecule has 0 aromatic heterocycles. The number of hydrogen-bond acceptors (Lipinski definition) is 2. The molecule has 0 heterocycles. The maximum absolute atomic E-state index is 13.8. The number of nitrogens with one attached hydrogen (secondary N) is 1. The van der Waals surface area contributed by atoms with Crippen molar-refractivity contribution in [2.45, 2.75) is 32.7 Å². The lowest BCUT2D eigenvalue weighted by Gasteiger charge is -2.10. The molecule has 1 aliphatic rings. The van der Waals surface area contributed by atoms with Crippen LogP contribution in [0.5, 0.6) is 5.75 Å². The average molecular weight is 285 g/mol. The second-order valence-electron chi connectivity index (χ2n) is 5.39. The lowest BCUT2D eigenvalue weighted by molar-refractivity contribution is 0.321. The third-order valence-electron chi connectivity index (χ3n) is 3.89. The summed E-state index contributed by atoms with van der Waals surface area (Å²) in [5, 5.41) is 3.27. The Morgan fingerprint density at radius 1 is 1.10 bits per heavy atom. The first-order valence-electron chi connectivity index (χ1n) is 7.53. The van der Waals surface area contributed by atoms with Gasteiger partial charge in [-0.25, -0.2) is 4.39 Å². The molecule has 0 amide bonds. The Balaban J connectivity index is 1.66. The third-order valence-corrected chi connectivity index (χ3v) is 3.89. The first-order chi connectivity index (χ1) is 10.3. The van der Waals surface area contributed by atoms with Crippen LogP contribution in [0.3, 0.4) is 0 Å². The summed E-state index contributed by atoms with van der Waals surface area (Å²) in [6, 6.07) is 11.6. The van der Waals surface area contributed by atoms with Gasteiger partial charge in [-0.3, -0.25) is 0 Å². The molecule has 1 N–H and O–H groups in total. The van der Waals surface area contributed by atoms with E-state index in [0.717, 1.165) is 5.69 Å². The van der Waals surface area contributed by atoms with Crippen molar-refractivity contribution in [1.29, 1.82) is 0 Å². The number of fused-ring (bicyclic) bond motifs is 1. The van der Waals surface area contributed by atoms with E-state index in [9.17, 15) is 4.39 Å². The van der Waals surface area contributed by atoms with Gasteiger partial charge in [-0.1, -0.05) is 18.2 Å². The van der Waals surface area contributed by atoms with Gasteiger partial charge >= 0.3 is 0 Å². The molecule has 1 aliphatic carbocycles. The minimum atomic E-state index is -0.323. The average Bonchev–Trinajstić information content (AvgIpc) is 2.95. The summed E-state index contributed by atoms with van der Waals surface area (Å²) in [4.78, 5) is 0. The van der Waals surface area contributed by atoms with Gasteiger partial charge in [0.1, 0.15) is 0 Å². The summed E-state index contributed by atoms with van der Waals surface area (Å²) in [5.74, 6) is -0.0172. The largest absolute Gasteiger partial charge is 0.491 e. The van der Waals surface area contributed by atoms with Crippen LogP contribution in [-0.2, 0) is 19.4 Å². The molecular formula is C18H20FNO. The van der Waals surface area contributed by atoms with Crippen molar-refractivity contribution >= 4 is 5.69 Å². The lowest BCUT2D eigenvalue weighted by Crippen LogP contribution is -2.01. The van der Waals surface area contributed by atoms with Crippen LogP contribution in [0.4, 0.5) is 10.1 Å². The van der Waals surface area contributed by atoms with E-state index in [1.54, 1.807) is 6.07 Å². The van der Waals surface area contributed by atoms with E-state index in [-0.39, 0.29) is 5.82 Å². The zero-order valence-electron chi connectivity index (χ0n) is 12.3. The number of rotatable bonds is 5. The van der Waals surface area contributed by atoms with E-state index >= 15 is 0 Å². The van der Waals surface area contributed by atoms with Gasteiger partial charge in [-0.2, -0.15) is 0 Å². The summed E-state index contributed by atoms with van der Waals surface area (Å²) in [6.07, 6.45) is 3.64. The van der Waals surface area contributed by atoms with Gasteiger partial charge in [0.2, 0.25) is 0 Å². The molecule has 2 nitrogen and oxygen atoms in total. The van der Waals surface area contributed by atoms with Crippen molar-refractivity contribution in [2.24, 2.45) is 0 Å². The maximum atomic E-state index is 13.8. The molecule has 0 saturated carbocycles. The van der Waals surface area contributed by atoms with Gasteiger partial charge in [0, 0.05) is 18.3 Å². The maximum Gasteiger partial charge on any atom is 0.167 e. The van der Waals surface area contributed by atoms with Crippen LogP contribution in [0.15, 0.2) is 36.4 Å². The van der Waals surface area contributed by atoms with Gasteiger partial charge in [-0.15, -0.1) is 0 Å². The summed E-state index contributed by atoms with van der Waals surface area (Å²) >= 11 is 0. The number of aryl methyl sites for hydroxylation is 2. The van der Waals surface area contributed by atoms with Crippen molar-refractivity contribution in [2.75, 3.05) is 11.9 Å². The molecule has 0 bridgehead atoms. The highest BCUT2D eigenvalue weighted by Crippen LogP contribution is 2.24. The molecule has 0 unspecified atom stereocenters. The van der Waals surface area contributed by atoms with E-state index in [1.807, 2.05) is 13.0 Å². The number of benzene rings is 2. The van der Waals surface area contributed by atoms with Crippen LogP contribution in [0.2, 0.25) is 0 Å². The van der Waals surface area contributed by atoms with E-state index < -0.39 is 0 Å². The fourth-order valence-corrected chi connectivity index (χ4v) is 2.82. The highest BCUT2D eigenvalue weighted by molar-refractivity contribution is 5.48. The fraction of sp³-hybridized carbons (Fsp3) is 0.333. The molecule has 3 heteroatoms. The second kappa shape index (κ2) is 6.17. The minimum Gasteiger partial charge on any atom is -0.491 e. The van der Waals surface area contributed by atoms with Gasteiger partial charge in [0.25, 0.3) is 0 Å². The summed E-state index contributed by atoms with van der Waals surface area (Å²) in [7, 11) is 0. The monoisotopic (exact) mass is 285 g/mol. The molecule has 0 spiro atoms. The van der Waals surface area contributed by atoms with Gasteiger partial charge in [0.05, 0.1) is 6.61 Å². The van der Waals surface area contributed by atoms with Gasteiger partial charge < -0.3 is 10.1 Å². The Labute approximate surface area is 125 Å². The van der Waals surface area contributed by atoms with Crippen molar-refractivity contribution in [3.8, 4) is 5.75 Å². The third kappa shape index (κ3) is 3.18. The number of ether oxygens (including phenoxy) is 1. The SMILES string of the molecule is CCOc1ccc(NCc2ccc3c(c2)CCC3)cc1F. The molecule has 0 fully saturated rings. The van der Waals surface area contributed by atoms with E-state index in [4.69, 9.17) is 4.74 Å². The Morgan fingerprint density at radius 3 is 2.76 bits per heavy atom. The van der Waals surface area contributed by atoms with Crippen molar-refractivity contribution in [3.63, 3.8) is 0 Å². The van der Waals surface area contributed by atoms with Crippen LogP contribution in [0.25, 0.3) is 0 Å². The molecule has 3 rings (SSSR count). The predicted molar refractivity (Wildman–Crippen MR) is 83.4 cm³/mol. The predicted octanol–water partition coefficient (Wildman–Crippen LogP) is 4.33. The van der Waals surface area contributed by atoms with Crippen molar-refractivity contribution < 1.29 is 9.13 Å². The second-order valence-corrected chi connectivity index (χ2v) is 5.39. The Morgan fingerprint density at radius 2 is 1.95 bits per heavy atom. The van der Waals surface area contributed by atoms with E-state index in [2.05, 4.69) is 23.5 Å². The van der Waals surface area contributed by atoms with Crippen LogP contribution in [-0.4, -0.2) is 6.61 Å². The van der Waals surface area contributed by atoms with E-state index in [1.165, 1.54) is 42.0 Å². The molecule has 21 heavy (non-hydrogen) atoms. The van der Waals surface area contributed by atoms with Gasteiger partial charge in [-0.05, 0) is 55.0 Å². The topological polar surface area (TPSA) is 21.3 Å². The Hall–Kier alpha value is -2.03. The minimum absolute atomic E-state index is 0.306. The molecule has 0 saturated heterocycles.